The van der Waals surface area contributed by atoms with E-state index in [1.54, 1.807) is 0 Å². The number of nitrogens with zero attached hydrogens (tertiary/aromatic N) is 2. The third kappa shape index (κ3) is 2.33. The van der Waals surface area contributed by atoms with Gasteiger partial charge in [0, 0.05) is 20.0 Å². The molecule has 2 heterocycles. The molecule has 1 fully saturated rings. The number of nitriles is 1. The Morgan fingerprint density at radius 2 is 2.32 bits per heavy atom. The van der Waals surface area contributed by atoms with Crippen LogP contribution in [-0.4, -0.2) is 24.7 Å². The van der Waals surface area contributed by atoms with Gasteiger partial charge in [0.15, 0.2) is 11.5 Å². The van der Waals surface area contributed by atoms with Crippen molar-refractivity contribution in [2.24, 2.45) is 5.41 Å². The molecule has 0 unspecified atom stereocenters. The van der Waals surface area contributed by atoms with E-state index in [1.165, 1.54) is 0 Å². The molecule has 0 spiro atoms. The van der Waals surface area contributed by atoms with E-state index in [-0.39, 0.29) is 5.41 Å². The van der Waals surface area contributed by atoms with Crippen LogP contribution in [-0.2, 0) is 11.3 Å². The van der Waals surface area contributed by atoms with Gasteiger partial charge in [-0.05, 0) is 17.7 Å². The lowest BCUT2D eigenvalue weighted by atomic mass is 9.88. The van der Waals surface area contributed by atoms with Crippen molar-refractivity contribution in [3.05, 3.63) is 29.7 Å². The van der Waals surface area contributed by atoms with Crippen molar-refractivity contribution >= 4 is 11.1 Å². The molecule has 5 nitrogen and oxygen atoms in total. The van der Waals surface area contributed by atoms with Crippen LogP contribution in [0.25, 0.3) is 11.1 Å². The van der Waals surface area contributed by atoms with E-state index in [0.717, 1.165) is 16.7 Å². The first-order valence-electron chi connectivity index (χ1n) is 6.27. The molecule has 19 heavy (non-hydrogen) atoms. The molecule has 1 aromatic carbocycles. The van der Waals surface area contributed by atoms with Crippen LogP contribution >= 0.6 is 0 Å². The van der Waals surface area contributed by atoms with Crippen LogP contribution in [0.3, 0.4) is 0 Å². The van der Waals surface area contributed by atoms with Gasteiger partial charge in [-0.1, -0.05) is 6.07 Å². The quantitative estimate of drug-likeness (QED) is 0.903. The Labute approximate surface area is 111 Å². The molecule has 1 saturated heterocycles. The summed E-state index contributed by atoms with van der Waals surface area (Å²) < 4.78 is 10.6. The number of aryl methyl sites for hydroxylation is 1. The molecule has 2 aromatic rings. The fraction of sp³-hybridized carbons (Fsp3) is 0.429. The van der Waals surface area contributed by atoms with Crippen molar-refractivity contribution < 1.29 is 9.15 Å². The van der Waals surface area contributed by atoms with Crippen LogP contribution < -0.4 is 5.32 Å². The van der Waals surface area contributed by atoms with Crippen LogP contribution in [0.4, 0.5) is 0 Å². The number of fused-ring (bicyclic) bond motifs is 1. The fourth-order valence-corrected chi connectivity index (χ4v) is 2.19. The molecule has 3 rings (SSSR count). The van der Waals surface area contributed by atoms with Gasteiger partial charge in [0.1, 0.15) is 10.9 Å². The van der Waals surface area contributed by atoms with Crippen LogP contribution in [0, 0.1) is 23.7 Å². The van der Waals surface area contributed by atoms with Gasteiger partial charge < -0.3 is 14.5 Å². The molecule has 0 amide bonds. The van der Waals surface area contributed by atoms with Gasteiger partial charge >= 0.3 is 0 Å². The van der Waals surface area contributed by atoms with Gasteiger partial charge in [0.05, 0.1) is 19.3 Å². The number of aromatic nitrogens is 1. The molecular formula is C14H15N3O2. The Kier molecular flexibility index (Phi) is 2.97. The van der Waals surface area contributed by atoms with Gasteiger partial charge in [-0.2, -0.15) is 5.26 Å². The molecule has 0 atom stereocenters. The zero-order valence-electron chi connectivity index (χ0n) is 10.8. The van der Waals surface area contributed by atoms with Crippen molar-refractivity contribution in [3.63, 3.8) is 0 Å². The third-order valence-corrected chi connectivity index (χ3v) is 3.35. The molecule has 0 aliphatic carbocycles. The van der Waals surface area contributed by atoms with Crippen molar-refractivity contribution in [1.82, 2.24) is 10.3 Å². The molecule has 1 aliphatic heterocycles. The first-order valence-corrected chi connectivity index (χ1v) is 6.27. The highest BCUT2D eigenvalue weighted by Gasteiger charge is 2.38. The molecule has 0 bridgehead atoms. The van der Waals surface area contributed by atoms with Crippen LogP contribution in [0.1, 0.15) is 11.5 Å². The Hall–Kier alpha value is -1.90. The summed E-state index contributed by atoms with van der Waals surface area (Å²) in [7, 11) is 0. The number of hydrogen-bond acceptors (Lipinski definition) is 5. The second-order valence-electron chi connectivity index (χ2n) is 5.02. The largest absolute Gasteiger partial charge is 0.441 e. The molecular weight excluding hydrogens is 242 g/mol. The highest BCUT2D eigenvalue weighted by molar-refractivity contribution is 5.73. The molecule has 0 radical (unpaired) electrons. The summed E-state index contributed by atoms with van der Waals surface area (Å²) in [5, 5.41) is 12.4. The van der Waals surface area contributed by atoms with E-state index < -0.39 is 0 Å². The summed E-state index contributed by atoms with van der Waals surface area (Å²) in [5.74, 6) is 0.676. The van der Waals surface area contributed by atoms with Crippen molar-refractivity contribution in [2.45, 2.75) is 13.5 Å². The zero-order valence-corrected chi connectivity index (χ0v) is 10.8. The number of hydrogen-bond donors (Lipinski definition) is 1. The summed E-state index contributed by atoms with van der Waals surface area (Å²) in [4.78, 5) is 4.26. The summed E-state index contributed by atoms with van der Waals surface area (Å²) in [6.07, 6.45) is 0. The topological polar surface area (TPSA) is 71.1 Å². The predicted octanol–water partition coefficient (Wildman–Crippen LogP) is 1.77. The molecule has 1 aromatic heterocycles. The van der Waals surface area contributed by atoms with Gasteiger partial charge in [0.25, 0.3) is 0 Å². The first-order chi connectivity index (χ1) is 9.21. The van der Waals surface area contributed by atoms with E-state index in [0.29, 0.717) is 32.2 Å². The Balaban J connectivity index is 1.64. The number of nitrogens with one attached hydrogen (secondary N) is 1. The summed E-state index contributed by atoms with van der Waals surface area (Å²) in [6.45, 7) is 4.24. The number of ether oxygens (including phenoxy) is 1. The lowest BCUT2D eigenvalue weighted by Crippen LogP contribution is -2.48. The van der Waals surface area contributed by atoms with E-state index >= 15 is 0 Å². The van der Waals surface area contributed by atoms with Gasteiger partial charge in [-0.3, -0.25) is 0 Å². The SMILES string of the molecule is Cc1nc2ccc(CNCC3(C#N)COC3)cc2o1. The number of rotatable bonds is 4. The summed E-state index contributed by atoms with van der Waals surface area (Å²) in [6, 6.07) is 8.28. The molecule has 1 aliphatic rings. The fourth-order valence-electron chi connectivity index (χ4n) is 2.19. The predicted molar refractivity (Wildman–Crippen MR) is 69.3 cm³/mol. The summed E-state index contributed by atoms with van der Waals surface area (Å²) >= 11 is 0. The van der Waals surface area contributed by atoms with E-state index in [9.17, 15) is 0 Å². The van der Waals surface area contributed by atoms with Gasteiger partial charge in [-0.15, -0.1) is 0 Å². The third-order valence-electron chi connectivity index (χ3n) is 3.35. The monoisotopic (exact) mass is 257 g/mol. The lowest BCUT2D eigenvalue weighted by Gasteiger charge is -2.35. The zero-order chi connectivity index (χ0) is 13.3. The van der Waals surface area contributed by atoms with Gasteiger partial charge in [-0.25, -0.2) is 4.98 Å². The smallest absolute Gasteiger partial charge is 0.192 e. The minimum atomic E-state index is -0.340. The van der Waals surface area contributed by atoms with Crippen molar-refractivity contribution in [1.29, 1.82) is 5.26 Å². The second-order valence-corrected chi connectivity index (χ2v) is 5.02. The molecule has 1 N–H and O–H groups in total. The lowest BCUT2D eigenvalue weighted by molar-refractivity contribution is -0.0755. The maximum absolute atomic E-state index is 9.08. The minimum Gasteiger partial charge on any atom is -0.441 e. The molecule has 98 valence electrons. The Bertz CT molecular complexity index is 638. The highest BCUT2D eigenvalue weighted by atomic mass is 16.5. The van der Waals surface area contributed by atoms with E-state index in [1.807, 2.05) is 25.1 Å². The van der Waals surface area contributed by atoms with E-state index in [4.69, 9.17) is 14.4 Å². The standard InChI is InChI=1S/C14H15N3O2/c1-10-17-12-3-2-11(4-13(12)19-10)5-16-7-14(6-15)8-18-9-14/h2-4,16H,5,7-9H2,1H3. The second kappa shape index (κ2) is 4.65. The highest BCUT2D eigenvalue weighted by Crippen LogP contribution is 2.25. The maximum atomic E-state index is 9.08. The van der Waals surface area contributed by atoms with Crippen LogP contribution in [0.5, 0.6) is 0 Å². The average molecular weight is 257 g/mol. The Morgan fingerprint density at radius 1 is 1.47 bits per heavy atom. The number of oxazole rings is 1. The molecule has 0 saturated carbocycles. The van der Waals surface area contributed by atoms with E-state index in [2.05, 4.69) is 16.4 Å². The van der Waals surface area contributed by atoms with Crippen LogP contribution in [0.15, 0.2) is 22.6 Å². The van der Waals surface area contributed by atoms with Crippen molar-refractivity contribution in [3.8, 4) is 6.07 Å². The van der Waals surface area contributed by atoms with Crippen LogP contribution in [0.2, 0.25) is 0 Å². The van der Waals surface area contributed by atoms with Gasteiger partial charge in [0.2, 0.25) is 0 Å². The summed E-state index contributed by atoms with van der Waals surface area (Å²) in [5.41, 5.74) is 2.46. The normalized spacial score (nSPS) is 17.1. The minimum absolute atomic E-state index is 0.340. The Morgan fingerprint density at radius 3 is 3.00 bits per heavy atom. The maximum Gasteiger partial charge on any atom is 0.192 e. The average Bonchev–Trinajstić information content (AvgIpc) is 2.72. The molecule has 5 heteroatoms. The van der Waals surface area contributed by atoms with Crippen molar-refractivity contribution in [2.75, 3.05) is 19.8 Å². The number of benzene rings is 1. The first kappa shape index (κ1) is 12.2.